The molecule has 0 aliphatic rings. The largest absolute Gasteiger partial charge is 0.465 e. The summed E-state index contributed by atoms with van der Waals surface area (Å²) in [5, 5.41) is 6.35. The van der Waals surface area contributed by atoms with Crippen molar-refractivity contribution < 1.29 is 9.53 Å². The summed E-state index contributed by atoms with van der Waals surface area (Å²) in [6, 6.07) is 13.6. The van der Waals surface area contributed by atoms with Crippen LogP contribution in [0.4, 0.5) is 11.5 Å². The van der Waals surface area contributed by atoms with Gasteiger partial charge in [0, 0.05) is 10.9 Å². The van der Waals surface area contributed by atoms with Gasteiger partial charge in [0.25, 0.3) is 0 Å². The number of ether oxygens (including phenoxy) is 1. The molecule has 0 spiro atoms. The molecule has 0 atom stereocenters. The number of fused-ring (bicyclic) bond motifs is 1. The van der Waals surface area contributed by atoms with Crippen molar-refractivity contribution in [3.05, 3.63) is 70.9 Å². The number of hydrogen-bond acceptors (Lipinski definition) is 6. The number of thiophene rings is 1. The molecule has 0 radical (unpaired) electrons. The molecular formula is C22H19N3O2S. The number of aryl methyl sites for hydroxylation is 2. The summed E-state index contributed by atoms with van der Waals surface area (Å²) >= 11 is 1.58. The predicted molar refractivity (Wildman–Crippen MR) is 113 cm³/mol. The highest BCUT2D eigenvalue weighted by Crippen LogP contribution is 2.38. The monoisotopic (exact) mass is 389 g/mol. The van der Waals surface area contributed by atoms with E-state index in [1.807, 2.05) is 12.1 Å². The Morgan fingerprint density at radius 3 is 2.68 bits per heavy atom. The molecule has 4 rings (SSSR count). The Labute approximate surface area is 167 Å². The fourth-order valence-corrected chi connectivity index (χ4v) is 4.01. The van der Waals surface area contributed by atoms with E-state index in [-0.39, 0.29) is 0 Å². The van der Waals surface area contributed by atoms with Gasteiger partial charge in [-0.25, -0.2) is 14.8 Å². The van der Waals surface area contributed by atoms with Gasteiger partial charge < -0.3 is 10.1 Å². The van der Waals surface area contributed by atoms with Gasteiger partial charge in [0.05, 0.1) is 23.7 Å². The maximum atomic E-state index is 12.1. The van der Waals surface area contributed by atoms with Gasteiger partial charge in [-0.05, 0) is 42.7 Å². The lowest BCUT2D eigenvalue weighted by Gasteiger charge is -2.12. The molecule has 0 saturated heterocycles. The maximum Gasteiger partial charge on any atom is 0.339 e. The molecule has 0 aliphatic heterocycles. The number of anilines is 2. The molecule has 6 heteroatoms. The number of methoxy groups -OCH3 is 1. The third-order valence-corrected chi connectivity index (χ3v) is 5.66. The summed E-state index contributed by atoms with van der Waals surface area (Å²) < 4.78 is 4.89. The zero-order chi connectivity index (χ0) is 19.7. The number of benzene rings is 2. The highest BCUT2D eigenvalue weighted by molar-refractivity contribution is 7.17. The number of carbonyl (C=O) groups excluding carboxylic acids is 1. The van der Waals surface area contributed by atoms with Crippen molar-refractivity contribution in [3.63, 3.8) is 0 Å². The van der Waals surface area contributed by atoms with E-state index in [1.165, 1.54) is 24.6 Å². The number of nitrogens with one attached hydrogen (secondary N) is 1. The van der Waals surface area contributed by atoms with Crippen LogP contribution in [0.2, 0.25) is 0 Å². The first-order chi connectivity index (χ1) is 13.6. The van der Waals surface area contributed by atoms with Gasteiger partial charge in [-0.15, -0.1) is 11.3 Å². The predicted octanol–water partition coefficient (Wildman–Crippen LogP) is 5.51. The summed E-state index contributed by atoms with van der Waals surface area (Å²) in [6.45, 7) is 4.21. The Morgan fingerprint density at radius 1 is 1.07 bits per heavy atom. The Hall–Kier alpha value is -3.25. The van der Waals surface area contributed by atoms with Crippen LogP contribution >= 0.6 is 11.3 Å². The summed E-state index contributed by atoms with van der Waals surface area (Å²) in [7, 11) is 1.37. The van der Waals surface area contributed by atoms with Gasteiger partial charge in [-0.3, -0.25) is 0 Å². The molecule has 2 aromatic heterocycles. The second kappa shape index (κ2) is 7.40. The van der Waals surface area contributed by atoms with Gasteiger partial charge in [0.2, 0.25) is 0 Å². The van der Waals surface area contributed by atoms with E-state index in [0.29, 0.717) is 17.1 Å². The Morgan fingerprint density at radius 2 is 1.89 bits per heavy atom. The highest BCUT2D eigenvalue weighted by Gasteiger charge is 2.16. The molecule has 4 aromatic rings. The molecule has 140 valence electrons. The zero-order valence-corrected chi connectivity index (χ0v) is 16.6. The summed E-state index contributed by atoms with van der Waals surface area (Å²) in [5.41, 5.74) is 5.78. The lowest BCUT2D eigenvalue weighted by molar-refractivity contribution is 0.0602. The minimum Gasteiger partial charge on any atom is -0.465 e. The topological polar surface area (TPSA) is 64.1 Å². The number of carbonyl (C=O) groups is 1. The Bertz CT molecular complexity index is 1180. The standard InChI is InChI=1S/C22H19N3O2S/c1-13-8-9-15(10-14(13)2)17-11-28-21-19(17)20(23-12-24-21)25-18-7-5-4-6-16(18)22(26)27-3/h4-12H,1-3H3,(H,23,24,25). The average Bonchev–Trinajstić information content (AvgIpc) is 3.15. The molecule has 1 N–H and O–H groups in total. The van der Waals surface area contributed by atoms with E-state index in [0.717, 1.165) is 21.3 Å². The Kier molecular flexibility index (Phi) is 4.79. The molecule has 0 saturated carbocycles. The van der Waals surface area contributed by atoms with Crippen LogP contribution in [0.3, 0.4) is 0 Å². The van der Waals surface area contributed by atoms with Crippen LogP contribution in [-0.4, -0.2) is 23.0 Å². The molecule has 0 unspecified atom stereocenters. The third kappa shape index (κ3) is 3.23. The van der Waals surface area contributed by atoms with Gasteiger partial charge in [0.1, 0.15) is 17.0 Å². The molecule has 0 bridgehead atoms. The van der Waals surface area contributed by atoms with Crippen molar-refractivity contribution in [2.24, 2.45) is 0 Å². The fraction of sp³-hybridized carbons (Fsp3) is 0.136. The van der Waals surface area contributed by atoms with Gasteiger partial charge in [0.15, 0.2) is 0 Å². The lowest BCUT2D eigenvalue weighted by atomic mass is 10.0. The molecule has 2 heterocycles. The van der Waals surface area contributed by atoms with E-state index in [1.54, 1.807) is 23.5 Å². The average molecular weight is 389 g/mol. The smallest absolute Gasteiger partial charge is 0.339 e. The SMILES string of the molecule is COC(=O)c1ccccc1Nc1ncnc2scc(-c3ccc(C)c(C)c3)c12. The third-order valence-electron chi connectivity index (χ3n) is 4.77. The zero-order valence-electron chi connectivity index (χ0n) is 15.8. The van der Waals surface area contributed by atoms with Gasteiger partial charge in [-0.1, -0.05) is 30.3 Å². The summed E-state index contributed by atoms with van der Waals surface area (Å²) in [5.74, 6) is 0.268. The van der Waals surface area contributed by atoms with Gasteiger partial charge in [-0.2, -0.15) is 0 Å². The molecule has 5 nitrogen and oxygen atoms in total. The number of nitrogens with zero attached hydrogens (tertiary/aromatic N) is 2. The number of aromatic nitrogens is 2. The summed E-state index contributed by atoms with van der Waals surface area (Å²) in [6.07, 6.45) is 1.53. The first kappa shape index (κ1) is 18.1. The quantitative estimate of drug-likeness (QED) is 0.467. The second-order valence-electron chi connectivity index (χ2n) is 6.51. The van der Waals surface area contributed by atoms with Crippen LogP contribution in [0.15, 0.2) is 54.2 Å². The van der Waals surface area contributed by atoms with Gasteiger partial charge >= 0.3 is 5.97 Å². The van der Waals surface area contributed by atoms with E-state index in [9.17, 15) is 4.79 Å². The summed E-state index contributed by atoms with van der Waals surface area (Å²) in [4.78, 5) is 21.9. The normalized spacial score (nSPS) is 10.8. The minimum atomic E-state index is -0.395. The van der Waals surface area contributed by atoms with E-state index >= 15 is 0 Å². The molecule has 28 heavy (non-hydrogen) atoms. The molecule has 0 fully saturated rings. The molecular weight excluding hydrogens is 370 g/mol. The van der Waals surface area contributed by atoms with E-state index < -0.39 is 5.97 Å². The van der Waals surface area contributed by atoms with Crippen LogP contribution in [0.1, 0.15) is 21.5 Å². The molecule has 2 aromatic carbocycles. The number of para-hydroxylation sites is 1. The molecule has 0 amide bonds. The van der Waals surface area contributed by atoms with Crippen LogP contribution in [0, 0.1) is 13.8 Å². The van der Waals surface area contributed by atoms with Crippen molar-refractivity contribution in [1.82, 2.24) is 9.97 Å². The first-order valence-corrected chi connectivity index (χ1v) is 9.70. The maximum absolute atomic E-state index is 12.1. The van der Waals surface area contributed by atoms with Crippen LogP contribution < -0.4 is 5.32 Å². The fourth-order valence-electron chi connectivity index (χ4n) is 3.10. The van der Waals surface area contributed by atoms with E-state index in [4.69, 9.17) is 4.74 Å². The van der Waals surface area contributed by atoms with Crippen LogP contribution in [-0.2, 0) is 4.74 Å². The van der Waals surface area contributed by atoms with Crippen molar-refractivity contribution in [3.8, 4) is 11.1 Å². The van der Waals surface area contributed by atoms with Crippen molar-refractivity contribution in [2.45, 2.75) is 13.8 Å². The van der Waals surface area contributed by atoms with Crippen molar-refractivity contribution in [1.29, 1.82) is 0 Å². The van der Waals surface area contributed by atoms with Crippen molar-refractivity contribution in [2.75, 3.05) is 12.4 Å². The van der Waals surface area contributed by atoms with Crippen LogP contribution in [0.25, 0.3) is 21.3 Å². The number of rotatable bonds is 4. The molecule has 0 aliphatic carbocycles. The lowest BCUT2D eigenvalue weighted by Crippen LogP contribution is -2.06. The number of hydrogen-bond donors (Lipinski definition) is 1. The Balaban J connectivity index is 1.84. The minimum absolute atomic E-state index is 0.395. The van der Waals surface area contributed by atoms with Crippen LogP contribution in [0.5, 0.6) is 0 Å². The number of esters is 1. The van der Waals surface area contributed by atoms with E-state index in [2.05, 4.69) is 52.7 Å². The van der Waals surface area contributed by atoms with Crippen molar-refractivity contribution >= 4 is 39.0 Å². The highest BCUT2D eigenvalue weighted by atomic mass is 32.1. The first-order valence-electron chi connectivity index (χ1n) is 8.82. The second-order valence-corrected chi connectivity index (χ2v) is 7.37.